The van der Waals surface area contributed by atoms with E-state index in [1.165, 1.54) is 24.4 Å². The zero-order valence-electron chi connectivity index (χ0n) is 16.6. The second-order valence-electron chi connectivity index (χ2n) is 7.85. The number of carbonyl (C=O) groups excluding carboxylic acids is 2. The van der Waals surface area contributed by atoms with Crippen molar-refractivity contribution in [2.75, 3.05) is 11.9 Å². The number of ether oxygens (including phenoxy) is 1. The van der Waals surface area contributed by atoms with Crippen molar-refractivity contribution >= 4 is 40.7 Å². The lowest BCUT2D eigenvalue weighted by Crippen LogP contribution is -2.41. The fraction of sp³-hybridized carbons (Fsp3) is 0.381. The standard InChI is InChI=1S/C21H18Cl2F3N3O3/c22-12-8-15(23)18(27-9-12)32-13-3-5-20(6-4-13)14-7-11(1-2-16(14)29-19(20)31)17(30)28-10-21(24,25)26/h1-2,7-9,13H,3-6,10H2,(H,28,30)(H,29,31). The van der Waals surface area contributed by atoms with Gasteiger partial charge in [0.05, 0.1) is 10.4 Å². The van der Waals surface area contributed by atoms with Crippen LogP contribution in [0.4, 0.5) is 18.9 Å². The predicted octanol–water partition coefficient (Wildman–Crippen LogP) is 4.89. The largest absolute Gasteiger partial charge is 0.473 e. The van der Waals surface area contributed by atoms with Gasteiger partial charge in [0.15, 0.2) is 0 Å². The molecule has 1 aliphatic carbocycles. The summed E-state index contributed by atoms with van der Waals surface area (Å²) < 4.78 is 43.2. The van der Waals surface area contributed by atoms with Crippen LogP contribution < -0.4 is 15.4 Å². The molecule has 170 valence electrons. The Labute approximate surface area is 191 Å². The first-order chi connectivity index (χ1) is 15.1. The minimum absolute atomic E-state index is 0.0689. The Balaban J connectivity index is 1.49. The van der Waals surface area contributed by atoms with E-state index in [-0.39, 0.29) is 28.5 Å². The van der Waals surface area contributed by atoms with Crippen LogP contribution in [0.15, 0.2) is 30.5 Å². The first-order valence-corrected chi connectivity index (χ1v) is 10.6. The Kier molecular flexibility index (Phi) is 5.98. The molecule has 1 aromatic heterocycles. The number of fused-ring (bicyclic) bond motifs is 2. The fourth-order valence-corrected chi connectivity index (χ4v) is 4.61. The maximum absolute atomic E-state index is 12.9. The van der Waals surface area contributed by atoms with E-state index < -0.39 is 24.0 Å². The number of aromatic nitrogens is 1. The molecular formula is C21H18Cl2F3N3O3. The smallest absolute Gasteiger partial charge is 0.405 e. The second-order valence-corrected chi connectivity index (χ2v) is 8.70. The molecule has 11 heteroatoms. The Morgan fingerprint density at radius 1 is 1.25 bits per heavy atom. The fourth-order valence-electron chi connectivity index (χ4n) is 4.18. The zero-order valence-corrected chi connectivity index (χ0v) is 18.1. The van der Waals surface area contributed by atoms with Crippen molar-refractivity contribution < 1.29 is 27.5 Å². The second kappa shape index (κ2) is 8.44. The number of benzene rings is 1. The minimum atomic E-state index is -4.51. The number of rotatable bonds is 4. The monoisotopic (exact) mass is 487 g/mol. The number of halogens is 5. The van der Waals surface area contributed by atoms with Crippen molar-refractivity contribution in [1.29, 1.82) is 0 Å². The van der Waals surface area contributed by atoms with Gasteiger partial charge in [-0.05, 0) is 55.5 Å². The lowest BCUT2D eigenvalue weighted by Gasteiger charge is -2.35. The van der Waals surface area contributed by atoms with E-state index in [1.54, 1.807) is 6.07 Å². The van der Waals surface area contributed by atoms with Crippen LogP contribution in [-0.4, -0.2) is 35.6 Å². The van der Waals surface area contributed by atoms with Crippen molar-refractivity contribution in [2.45, 2.75) is 43.4 Å². The number of pyridine rings is 1. The first kappa shape index (κ1) is 22.7. The van der Waals surface area contributed by atoms with Gasteiger partial charge in [0.2, 0.25) is 11.8 Å². The maximum Gasteiger partial charge on any atom is 0.405 e. The molecule has 0 unspecified atom stereocenters. The third-order valence-corrected chi connectivity index (χ3v) is 6.25. The number of alkyl halides is 3. The molecule has 0 atom stereocenters. The van der Waals surface area contributed by atoms with Gasteiger partial charge >= 0.3 is 6.18 Å². The molecule has 2 aromatic rings. The van der Waals surface area contributed by atoms with E-state index >= 15 is 0 Å². The summed E-state index contributed by atoms with van der Waals surface area (Å²) in [5, 5.41) is 5.36. The molecule has 2 aliphatic rings. The van der Waals surface area contributed by atoms with Gasteiger partial charge in [0, 0.05) is 17.4 Å². The van der Waals surface area contributed by atoms with Crippen molar-refractivity contribution in [1.82, 2.24) is 10.3 Å². The Morgan fingerprint density at radius 3 is 2.62 bits per heavy atom. The molecule has 4 rings (SSSR count). The Hall–Kier alpha value is -2.52. The van der Waals surface area contributed by atoms with Crippen LogP contribution in [-0.2, 0) is 10.2 Å². The molecule has 2 amide bonds. The average Bonchev–Trinajstić information content (AvgIpc) is 3.00. The predicted molar refractivity (Wildman–Crippen MR) is 112 cm³/mol. The summed E-state index contributed by atoms with van der Waals surface area (Å²) in [6.07, 6.45) is -1.37. The van der Waals surface area contributed by atoms with Crippen LogP contribution in [0.1, 0.15) is 41.6 Å². The summed E-state index contributed by atoms with van der Waals surface area (Å²) in [6.45, 7) is -1.43. The van der Waals surface area contributed by atoms with Crippen LogP contribution in [0, 0.1) is 0 Å². The maximum atomic E-state index is 12.9. The van der Waals surface area contributed by atoms with Gasteiger partial charge in [-0.25, -0.2) is 4.98 Å². The van der Waals surface area contributed by atoms with Gasteiger partial charge in [-0.3, -0.25) is 9.59 Å². The van der Waals surface area contributed by atoms with E-state index in [4.69, 9.17) is 27.9 Å². The van der Waals surface area contributed by atoms with Crippen LogP contribution in [0.5, 0.6) is 5.88 Å². The average molecular weight is 488 g/mol. The first-order valence-electron chi connectivity index (χ1n) is 9.86. The SMILES string of the molecule is O=C(NCC(F)(F)F)c1ccc2c(c1)C1(CCC(Oc3ncc(Cl)cc3Cl)CC1)C(=O)N2. The van der Waals surface area contributed by atoms with E-state index in [0.29, 0.717) is 42.0 Å². The van der Waals surface area contributed by atoms with Crippen molar-refractivity contribution in [3.05, 3.63) is 51.6 Å². The van der Waals surface area contributed by atoms with Gasteiger partial charge < -0.3 is 15.4 Å². The third-order valence-electron chi connectivity index (χ3n) is 5.77. The van der Waals surface area contributed by atoms with Crippen molar-refractivity contribution in [2.24, 2.45) is 0 Å². The van der Waals surface area contributed by atoms with Crippen LogP contribution in [0.2, 0.25) is 10.0 Å². The van der Waals surface area contributed by atoms with E-state index in [9.17, 15) is 22.8 Å². The van der Waals surface area contributed by atoms with Gasteiger partial charge in [-0.15, -0.1) is 0 Å². The summed E-state index contributed by atoms with van der Waals surface area (Å²) in [6, 6.07) is 5.97. The summed E-state index contributed by atoms with van der Waals surface area (Å²) in [5.41, 5.74) is 0.374. The van der Waals surface area contributed by atoms with Gasteiger partial charge in [0.1, 0.15) is 17.7 Å². The summed E-state index contributed by atoms with van der Waals surface area (Å²) in [5.74, 6) is -0.779. The Bertz CT molecular complexity index is 1070. The highest BCUT2D eigenvalue weighted by Gasteiger charge is 2.49. The number of hydrogen-bond acceptors (Lipinski definition) is 4. The molecule has 2 N–H and O–H groups in total. The van der Waals surface area contributed by atoms with Crippen LogP contribution in [0.3, 0.4) is 0 Å². The van der Waals surface area contributed by atoms with Crippen molar-refractivity contribution in [3.8, 4) is 5.88 Å². The van der Waals surface area contributed by atoms with Crippen LogP contribution >= 0.6 is 23.2 Å². The minimum Gasteiger partial charge on any atom is -0.473 e. The highest BCUT2D eigenvalue weighted by Crippen LogP contribution is 2.48. The zero-order chi connectivity index (χ0) is 23.1. The lowest BCUT2D eigenvalue weighted by molar-refractivity contribution is -0.123. The molecule has 1 aliphatic heterocycles. The summed E-state index contributed by atoms with van der Waals surface area (Å²) in [7, 11) is 0. The molecule has 1 spiro atoms. The highest BCUT2D eigenvalue weighted by molar-refractivity contribution is 6.35. The molecule has 0 radical (unpaired) electrons. The molecule has 32 heavy (non-hydrogen) atoms. The molecule has 6 nitrogen and oxygen atoms in total. The molecule has 1 fully saturated rings. The molecule has 1 aromatic carbocycles. The number of anilines is 1. The van der Waals surface area contributed by atoms with E-state index in [2.05, 4.69) is 10.3 Å². The number of nitrogens with zero attached hydrogens (tertiary/aromatic N) is 1. The van der Waals surface area contributed by atoms with E-state index in [0.717, 1.165) is 0 Å². The number of nitrogens with one attached hydrogen (secondary N) is 2. The molecular weight excluding hydrogens is 470 g/mol. The number of hydrogen-bond donors (Lipinski definition) is 2. The van der Waals surface area contributed by atoms with Gasteiger partial charge in [0.25, 0.3) is 5.91 Å². The molecule has 0 bridgehead atoms. The molecule has 1 saturated carbocycles. The number of carbonyl (C=O) groups is 2. The summed E-state index contributed by atoms with van der Waals surface area (Å²) >= 11 is 12.0. The topological polar surface area (TPSA) is 80.3 Å². The van der Waals surface area contributed by atoms with E-state index in [1.807, 2.05) is 5.32 Å². The van der Waals surface area contributed by atoms with Gasteiger partial charge in [-0.1, -0.05) is 23.2 Å². The normalized spacial score (nSPS) is 22.4. The molecule has 0 saturated heterocycles. The Morgan fingerprint density at radius 2 is 1.97 bits per heavy atom. The third kappa shape index (κ3) is 4.49. The quantitative estimate of drug-likeness (QED) is 0.643. The van der Waals surface area contributed by atoms with Crippen LogP contribution in [0.25, 0.3) is 0 Å². The van der Waals surface area contributed by atoms with Crippen molar-refractivity contribution in [3.63, 3.8) is 0 Å². The molecule has 2 heterocycles. The number of amides is 2. The van der Waals surface area contributed by atoms with Gasteiger partial charge in [-0.2, -0.15) is 13.2 Å². The lowest BCUT2D eigenvalue weighted by atomic mass is 9.69. The summed E-state index contributed by atoms with van der Waals surface area (Å²) in [4.78, 5) is 29.1. The highest BCUT2D eigenvalue weighted by atomic mass is 35.5.